The van der Waals surface area contributed by atoms with E-state index < -0.39 is 0 Å². The maximum atomic E-state index is 12.2. The number of nitrogens with zero attached hydrogens (tertiary/aromatic N) is 1. The Balaban J connectivity index is 0.00000162. The zero-order valence-corrected chi connectivity index (χ0v) is 12.0. The minimum atomic E-state index is -0.214. The molecule has 1 aromatic rings. The quantitative estimate of drug-likeness (QED) is 0.896. The van der Waals surface area contributed by atoms with Gasteiger partial charge in [0.25, 0.3) is 5.91 Å². The summed E-state index contributed by atoms with van der Waals surface area (Å²) in [6.45, 7) is 0.497. The van der Waals surface area contributed by atoms with Crippen LogP contribution in [0.3, 0.4) is 0 Å². The molecule has 0 radical (unpaired) electrons. The average molecular weight is 292 g/mol. The third-order valence-corrected chi connectivity index (χ3v) is 3.74. The Kier molecular flexibility index (Phi) is 5.08. The minimum Gasteiger partial charge on any atom is -0.345 e. The minimum absolute atomic E-state index is 0. The standard InChI is InChI=1S/C12H18ClN3O.ClH/c1-16-7-9(13)6-10(16)11(17)15-12(8-14)4-2-3-5-12;/h6-7H,2-5,8,14H2,1H3,(H,15,17);1H. The van der Waals surface area contributed by atoms with E-state index in [1.165, 1.54) is 0 Å². The Bertz CT molecular complexity index is 425. The van der Waals surface area contributed by atoms with Gasteiger partial charge in [0.2, 0.25) is 0 Å². The average Bonchev–Trinajstić information content (AvgIpc) is 2.86. The molecule has 102 valence electrons. The van der Waals surface area contributed by atoms with Crippen LogP contribution in [-0.2, 0) is 7.05 Å². The van der Waals surface area contributed by atoms with E-state index in [4.69, 9.17) is 17.3 Å². The van der Waals surface area contributed by atoms with Crippen molar-refractivity contribution in [1.29, 1.82) is 0 Å². The third kappa shape index (κ3) is 2.99. The predicted octanol–water partition coefficient (Wildman–Crippen LogP) is 2.10. The molecule has 1 aliphatic carbocycles. The van der Waals surface area contributed by atoms with Crippen molar-refractivity contribution in [3.63, 3.8) is 0 Å². The van der Waals surface area contributed by atoms with Gasteiger partial charge in [-0.25, -0.2) is 0 Å². The molecule has 1 heterocycles. The SMILES string of the molecule is Cl.Cn1cc(Cl)cc1C(=O)NC1(CN)CCCC1. The predicted molar refractivity (Wildman–Crippen MR) is 75.4 cm³/mol. The zero-order valence-electron chi connectivity index (χ0n) is 10.4. The molecule has 0 atom stereocenters. The molecule has 6 heteroatoms. The summed E-state index contributed by atoms with van der Waals surface area (Å²) in [6.07, 6.45) is 5.91. The molecule has 0 spiro atoms. The van der Waals surface area contributed by atoms with Crippen LogP contribution in [-0.4, -0.2) is 22.6 Å². The van der Waals surface area contributed by atoms with Gasteiger partial charge >= 0.3 is 0 Å². The molecular weight excluding hydrogens is 273 g/mol. The van der Waals surface area contributed by atoms with Crippen LogP contribution in [0, 0.1) is 0 Å². The van der Waals surface area contributed by atoms with E-state index in [1.807, 2.05) is 7.05 Å². The van der Waals surface area contributed by atoms with Gasteiger partial charge in [-0.1, -0.05) is 24.4 Å². The summed E-state index contributed by atoms with van der Waals surface area (Å²) in [7, 11) is 1.81. The molecular formula is C12H19Cl2N3O. The molecule has 4 nitrogen and oxygen atoms in total. The Morgan fingerprint density at radius 2 is 2.17 bits per heavy atom. The molecule has 0 aliphatic heterocycles. The molecule has 1 aromatic heterocycles. The fourth-order valence-corrected chi connectivity index (χ4v) is 2.74. The van der Waals surface area contributed by atoms with Gasteiger partial charge in [0, 0.05) is 19.8 Å². The van der Waals surface area contributed by atoms with E-state index in [-0.39, 0.29) is 23.9 Å². The van der Waals surface area contributed by atoms with Crippen LogP contribution in [0.15, 0.2) is 12.3 Å². The molecule has 0 aromatic carbocycles. The van der Waals surface area contributed by atoms with Crippen molar-refractivity contribution in [2.75, 3.05) is 6.54 Å². The molecule has 1 fully saturated rings. The topological polar surface area (TPSA) is 60.0 Å². The Labute approximate surface area is 118 Å². The second-order valence-corrected chi connectivity index (χ2v) is 5.24. The Hall–Kier alpha value is -0.710. The third-order valence-electron chi connectivity index (χ3n) is 3.53. The van der Waals surface area contributed by atoms with E-state index in [2.05, 4.69) is 5.32 Å². The number of halogens is 2. The van der Waals surface area contributed by atoms with Crippen LogP contribution in [0.1, 0.15) is 36.2 Å². The van der Waals surface area contributed by atoms with Gasteiger partial charge in [0.05, 0.1) is 10.6 Å². The van der Waals surface area contributed by atoms with Crippen molar-refractivity contribution in [2.45, 2.75) is 31.2 Å². The lowest BCUT2D eigenvalue weighted by atomic mass is 9.97. The number of hydrogen-bond acceptors (Lipinski definition) is 2. The first-order chi connectivity index (χ1) is 8.06. The molecule has 1 amide bonds. The lowest BCUT2D eigenvalue weighted by Crippen LogP contribution is -2.51. The van der Waals surface area contributed by atoms with Gasteiger partial charge < -0.3 is 15.6 Å². The second-order valence-electron chi connectivity index (χ2n) is 4.80. The number of carbonyl (C=O) groups is 1. The van der Waals surface area contributed by atoms with Gasteiger partial charge in [-0.2, -0.15) is 0 Å². The van der Waals surface area contributed by atoms with Gasteiger partial charge in [-0.3, -0.25) is 4.79 Å². The molecule has 0 bridgehead atoms. The van der Waals surface area contributed by atoms with Gasteiger partial charge in [0.1, 0.15) is 5.69 Å². The molecule has 1 saturated carbocycles. The van der Waals surface area contributed by atoms with E-state index >= 15 is 0 Å². The zero-order chi connectivity index (χ0) is 12.5. The number of amides is 1. The lowest BCUT2D eigenvalue weighted by molar-refractivity contribution is 0.0894. The van der Waals surface area contributed by atoms with Gasteiger partial charge in [0.15, 0.2) is 0 Å². The van der Waals surface area contributed by atoms with Crippen LogP contribution in [0.5, 0.6) is 0 Å². The summed E-state index contributed by atoms with van der Waals surface area (Å²) in [6, 6.07) is 1.68. The molecule has 1 aliphatic rings. The first kappa shape index (κ1) is 15.3. The first-order valence-electron chi connectivity index (χ1n) is 5.91. The van der Waals surface area contributed by atoms with Crippen molar-refractivity contribution < 1.29 is 4.79 Å². The van der Waals surface area contributed by atoms with Crippen molar-refractivity contribution in [3.8, 4) is 0 Å². The van der Waals surface area contributed by atoms with E-state index in [0.29, 0.717) is 17.3 Å². The Morgan fingerprint density at radius 3 is 2.61 bits per heavy atom. The summed E-state index contributed by atoms with van der Waals surface area (Å²) >= 11 is 5.87. The van der Waals surface area contributed by atoms with Crippen molar-refractivity contribution in [3.05, 3.63) is 23.0 Å². The number of aryl methyl sites for hydroxylation is 1. The molecule has 3 N–H and O–H groups in total. The second kappa shape index (κ2) is 5.95. The smallest absolute Gasteiger partial charge is 0.268 e. The summed E-state index contributed by atoms with van der Waals surface area (Å²) in [5.74, 6) is -0.0910. The highest BCUT2D eigenvalue weighted by Crippen LogP contribution is 2.29. The fourth-order valence-electron chi connectivity index (χ4n) is 2.49. The number of carbonyl (C=O) groups excluding carboxylic acids is 1. The number of rotatable bonds is 3. The highest BCUT2D eigenvalue weighted by atomic mass is 35.5. The number of nitrogens with two attached hydrogens (primary N) is 1. The fraction of sp³-hybridized carbons (Fsp3) is 0.583. The molecule has 0 unspecified atom stereocenters. The van der Waals surface area contributed by atoms with Crippen molar-refractivity contribution in [1.82, 2.24) is 9.88 Å². The summed E-state index contributed by atoms with van der Waals surface area (Å²) in [5, 5.41) is 3.64. The highest BCUT2D eigenvalue weighted by Gasteiger charge is 2.34. The number of aromatic nitrogens is 1. The van der Waals surface area contributed by atoms with Crippen LogP contribution in [0.2, 0.25) is 5.02 Å². The van der Waals surface area contributed by atoms with Crippen LogP contribution < -0.4 is 11.1 Å². The Morgan fingerprint density at radius 1 is 1.56 bits per heavy atom. The van der Waals surface area contributed by atoms with Crippen molar-refractivity contribution >= 4 is 29.9 Å². The number of nitrogens with one attached hydrogen (secondary N) is 1. The lowest BCUT2D eigenvalue weighted by Gasteiger charge is -2.28. The number of hydrogen-bond donors (Lipinski definition) is 2. The van der Waals surface area contributed by atoms with Crippen LogP contribution >= 0.6 is 24.0 Å². The van der Waals surface area contributed by atoms with Gasteiger partial charge in [-0.05, 0) is 18.9 Å². The molecule has 2 rings (SSSR count). The molecule has 18 heavy (non-hydrogen) atoms. The summed E-state index contributed by atoms with van der Waals surface area (Å²) in [4.78, 5) is 12.2. The van der Waals surface area contributed by atoms with E-state index in [0.717, 1.165) is 25.7 Å². The van der Waals surface area contributed by atoms with Gasteiger partial charge in [-0.15, -0.1) is 12.4 Å². The van der Waals surface area contributed by atoms with E-state index in [1.54, 1.807) is 16.8 Å². The maximum Gasteiger partial charge on any atom is 0.268 e. The highest BCUT2D eigenvalue weighted by molar-refractivity contribution is 6.31. The maximum absolute atomic E-state index is 12.2. The largest absolute Gasteiger partial charge is 0.345 e. The summed E-state index contributed by atoms with van der Waals surface area (Å²) < 4.78 is 1.73. The normalized spacial score (nSPS) is 17.3. The monoisotopic (exact) mass is 291 g/mol. The van der Waals surface area contributed by atoms with Crippen LogP contribution in [0.25, 0.3) is 0 Å². The first-order valence-corrected chi connectivity index (χ1v) is 6.29. The van der Waals surface area contributed by atoms with Crippen molar-refractivity contribution in [2.24, 2.45) is 12.8 Å². The van der Waals surface area contributed by atoms with Crippen LogP contribution in [0.4, 0.5) is 0 Å². The summed E-state index contributed by atoms with van der Waals surface area (Å²) in [5.41, 5.74) is 6.15. The molecule has 0 saturated heterocycles. The van der Waals surface area contributed by atoms with E-state index in [9.17, 15) is 4.79 Å².